The molecule has 0 N–H and O–H groups in total. The maximum absolute atomic E-state index is 4.53. The number of hydrogen-bond acceptors (Lipinski definition) is 3. The quantitative estimate of drug-likeness (QED) is 0.465. The molecule has 0 bridgehead atoms. The lowest BCUT2D eigenvalue weighted by Gasteiger charge is -2.38. The highest BCUT2D eigenvalue weighted by Gasteiger charge is 2.26. The summed E-state index contributed by atoms with van der Waals surface area (Å²) in [5.74, 6) is 2.51. The maximum atomic E-state index is 4.53. The molecule has 1 atom stereocenters. The molecule has 0 saturated carbocycles. The Kier molecular flexibility index (Phi) is 8.41. The SMILES string of the molecule is C=C(CCN1CCC(CC2CCN(C(=C)C(C)S)CC2)CC1)C(C)C. The zero-order chi connectivity index (χ0) is 18.4. The van der Waals surface area contributed by atoms with Crippen molar-refractivity contribution >= 4 is 12.6 Å². The van der Waals surface area contributed by atoms with E-state index >= 15 is 0 Å². The van der Waals surface area contributed by atoms with Gasteiger partial charge in [0.2, 0.25) is 0 Å². The van der Waals surface area contributed by atoms with Gasteiger partial charge in [-0.25, -0.2) is 0 Å². The van der Waals surface area contributed by atoms with Crippen molar-refractivity contribution in [1.29, 1.82) is 0 Å². The molecule has 0 aromatic rings. The predicted molar refractivity (Wildman–Crippen MR) is 114 cm³/mol. The fourth-order valence-corrected chi connectivity index (χ4v) is 4.39. The van der Waals surface area contributed by atoms with Crippen LogP contribution in [0.3, 0.4) is 0 Å². The van der Waals surface area contributed by atoms with Gasteiger partial charge in [-0.05, 0) is 76.3 Å². The highest BCUT2D eigenvalue weighted by molar-refractivity contribution is 7.81. The standard InChI is InChI=1S/C22H40N2S/c1-17(2)18(3)6-11-23-12-7-21(8-13-23)16-22-9-14-24(15-10-22)19(4)20(5)25/h17,20-22,25H,3-4,6-16H2,1-2,5H3. The van der Waals surface area contributed by atoms with Gasteiger partial charge in [-0.3, -0.25) is 0 Å². The molecule has 0 aliphatic carbocycles. The van der Waals surface area contributed by atoms with Crippen molar-refractivity contribution in [3.8, 4) is 0 Å². The van der Waals surface area contributed by atoms with E-state index in [0.29, 0.717) is 5.92 Å². The lowest BCUT2D eigenvalue weighted by molar-refractivity contribution is 0.144. The summed E-state index contributed by atoms with van der Waals surface area (Å²) in [7, 11) is 0. The van der Waals surface area contributed by atoms with Gasteiger partial charge in [-0.2, -0.15) is 12.6 Å². The van der Waals surface area contributed by atoms with E-state index in [0.717, 1.165) is 11.8 Å². The number of piperidine rings is 2. The van der Waals surface area contributed by atoms with Crippen LogP contribution in [-0.2, 0) is 0 Å². The van der Waals surface area contributed by atoms with Gasteiger partial charge in [0, 0.05) is 30.6 Å². The summed E-state index contributed by atoms with van der Waals surface area (Å²) in [6.45, 7) is 21.2. The second-order valence-electron chi connectivity index (χ2n) is 8.68. The van der Waals surface area contributed by atoms with Crippen LogP contribution in [0.2, 0.25) is 0 Å². The summed E-state index contributed by atoms with van der Waals surface area (Å²) >= 11 is 4.53. The van der Waals surface area contributed by atoms with E-state index in [9.17, 15) is 0 Å². The highest BCUT2D eigenvalue weighted by Crippen LogP contribution is 2.31. The van der Waals surface area contributed by atoms with Crippen LogP contribution < -0.4 is 0 Å². The van der Waals surface area contributed by atoms with E-state index in [4.69, 9.17) is 0 Å². The first-order valence-corrected chi connectivity index (χ1v) is 10.9. The van der Waals surface area contributed by atoms with Gasteiger partial charge in [-0.1, -0.05) is 32.6 Å². The van der Waals surface area contributed by atoms with Gasteiger partial charge in [0.1, 0.15) is 0 Å². The molecular formula is C22H40N2S. The van der Waals surface area contributed by atoms with Crippen molar-refractivity contribution in [2.45, 2.75) is 64.5 Å². The summed E-state index contributed by atoms with van der Waals surface area (Å²) < 4.78 is 0. The average molecular weight is 365 g/mol. The summed E-state index contributed by atoms with van der Waals surface area (Å²) in [6.07, 6.45) is 8.10. The number of hydrogen-bond donors (Lipinski definition) is 1. The molecule has 2 aliphatic rings. The van der Waals surface area contributed by atoms with Crippen LogP contribution in [0.5, 0.6) is 0 Å². The first-order valence-electron chi connectivity index (χ1n) is 10.4. The topological polar surface area (TPSA) is 6.48 Å². The molecule has 2 saturated heterocycles. The zero-order valence-electron chi connectivity index (χ0n) is 16.8. The first-order chi connectivity index (χ1) is 11.9. The highest BCUT2D eigenvalue weighted by atomic mass is 32.1. The molecule has 0 aromatic carbocycles. The molecule has 0 amide bonds. The van der Waals surface area contributed by atoms with Gasteiger partial charge in [0.05, 0.1) is 0 Å². The Labute approximate surface area is 162 Å². The normalized spacial score (nSPS) is 22.4. The summed E-state index contributed by atoms with van der Waals surface area (Å²) in [5, 5.41) is 0.285. The molecular weight excluding hydrogens is 324 g/mol. The Morgan fingerprint density at radius 3 is 1.96 bits per heavy atom. The lowest BCUT2D eigenvalue weighted by atomic mass is 9.82. The van der Waals surface area contributed by atoms with Crippen molar-refractivity contribution < 1.29 is 0 Å². The molecule has 1 unspecified atom stereocenters. The Hall–Kier alpha value is -0.410. The van der Waals surface area contributed by atoms with E-state index in [2.05, 4.69) is 56.4 Å². The van der Waals surface area contributed by atoms with Gasteiger partial charge < -0.3 is 9.80 Å². The number of nitrogens with zero attached hydrogens (tertiary/aromatic N) is 2. The first kappa shape index (κ1) is 20.9. The molecule has 2 aliphatic heterocycles. The molecule has 2 heterocycles. The molecule has 0 spiro atoms. The van der Waals surface area contributed by atoms with Gasteiger partial charge in [0.15, 0.2) is 0 Å². The van der Waals surface area contributed by atoms with E-state index in [1.807, 2.05) is 0 Å². The third kappa shape index (κ3) is 6.67. The molecule has 25 heavy (non-hydrogen) atoms. The van der Waals surface area contributed by atoms with Crippen LogP contribution in [0.4, 0.5) is 0 Å². The fraction of sp³-hybridized carbons (Fsp3) is 0.818. The average Bonchev–Trinajstić information content (AvgIpc) is 2.60. The molecule has 2 fully saturated rings. The Balaban J connectivity index is 1.63. The van der Waals surface area contributed by atoms with Crippen LogP contribution >= 0.6 is 12.6 Å². The Morgan fingerprint density at radius 1 is 0.960 bits per heavy atom. The fourth-order valence-electron chi connectivity index (χ4n) is 4.23. The van der Waals surface area contributed by atoms with E-state index in [1.54, 1.807) is 0 Å². The van der Waals surface area contributed by atoms with Crippen LogP contribution in [0, 0.1) is 17.8 Å². The van der Waals surface area contributed by atoms with Crippen molar-refractivity contribution in [1.82, 2.24) is 9.80 Å². The summed E-state index contributed by atoms with van der Waals surface area (Å²) in [5.41, 5.74) is 2.61. The van der Waals surface area contributed by atoms with Crippen LogP contribution in [0.1, 0.15) is 59.3 Å². The minimum atomic E-state index is 0.285. The monoisotopic (exact) mass is 364 g/mol. The smallest absolute Gasteiger partial charge is 0.0382 e. The second kappa shape index (κ2) is 10.1. The summed E-state index contributed by atoms with van der Waals surface area (Å²) in [4.78, 5) is 5.11. The van der Waals surface area contributed by atoms with E-state index in [1.165, 1.54) is 82.5 Å². The third-order valence-electron chi connectivity index (χ3n) is 6.44. The van der Waals surface area contributed by atoms with Crippen molar-refractivity contribution in [2.75, 3.05) is 32.7 Å². The van der Waals surface area contributed by atoms with E-state index in [-0.39, 0.29) is 5.25 Å². The van der Waals surface area contributed by atoms with Crippen LogP contribution in [0.15, 0.2) is 24.4 Å². The molecule has 3 heteroatoms. The summed E-state index contributed by atoms with van der Waals surface area (Å²) in [6, 6.07) is 0. The number of likely N-dealkylation sites (tertiary alicyclic amines) is 2. The number of rotatable bonds is 8. The predicted octanol–water partition coefficient (Wildman–Crippen LogP) is 5.23. The van der Waals surface area contributed by atoms with Crippen molar-refractivity contribution in [3.63, 3.8) is 0 Å². The minimum Gasteiger partial charge on any atom is -0.374 e. The van der Waals surface area contributed by atoms with Gasteiger partial charge in [-0.15, -0.1) is 0 Å². The zero-order valence-corrected chi connectivity index (χ0v) is 17.7. The largest absolute Gasteiger partial charge is 0.374 e. The second-order valence-corrected chi connectivity index (χ2v) is 9.46. The van der Waals surface area contributed by atoms with Crippen molar-refractivity contribution in [2.24, 2.45) is 17.8 Å². The van der Waals surface area contributed by atoms with Crippen molar-refractivity contribution in [3.05, 3.63) is 24.4 Å². The van der Waals surface area contributed by atoms with Crippen LogP contribution in [0.25, 0.3) is 0 Å². The van der Waals surface area contributed by atoms with E-state index < -0.39 is 0 Å². The molecule has 0 radical (unpaired) electrons. The molecule has 144 valence electrons. The van der Waals surface area contributed by atoms with Gasteiger partial charge in [0.25, 0.3) is 0 Å². The molecule has 0 aromatic heterocycles. The molecule has 2 nitrogen and oxygen atoms in total. The maximum Gasteiger partial charge on any atom is 0.0382 e. The lowest BCUT2D eigenvalue weighted by Crippen LogP contribution is -2.38. The number of thiol groups is 1. The van der Waals surface area contributed by atoms with Crippen LogP contribution in [-0.4, -0.2) is 47.8 Å². The Bertz CT molecular complexity index is 427. The minimum absolute atomic E-state index is 0.285. The Morgan fingerprint density at radius 2 is 1.48 bits per heavy atom. The third-order valence-corrected chi connectivity index (χ3v) is 6.74. The molecule has 2 rings (SSSR count). The van der Waals surface area contributed by atoms with Gasteiger partial charge >= 0.3 is 0 Å².